The molecule has 2 aromatic rings. The van der Waals surface area contributed by atoms with E-state index in [1.807, 2.05) is 12.2 Å². The highest BCUT2D eigenvalue weighted by atomic mass is 32.2. The van der Waals surface area contributed by atoms with Crippen molar-refractivity contribution in [3.8, 4) is 0 Å². The van der Waals surface area contributed by atoms with E-state index in [0.717, 1.165) is 17.8 Å². The number of H-pyrrole nitrogens is 1. The number of anilines is 1. The van der Waals surface area contributed by atoms with Crippen LogP contribution in [0.3, 0.4) is 0 Å². The van der Waals surface area contributed by atoms with Gasteiger partial charge in [-0.15, -0.1) is 5.10 Å². The van der Waals surface area contributed by atoms with E-state index in [-0.39, 0.29) is 5.69 Å². The fourth-order valence-electron chi connectivity index (χ4n) is 2.15. The first kappa shape index (κ1) is 21.5. The van der Waals surface area contributed by atoms with E-state index in [0.29, 0.717) is 24.2 Å². The molecule has 0 radical (unpaired) electrons. The summed E-state index contributed by atoms with van der Waals surface area (Å²) in [5.41, 5.74) is -0.925. The zero-order valence-electron chi connectivity index (χ0n) is 15.0. The van der Waals surface area contributed by atoms with Gasteiger partial charge in [0.2, 0.25) is 11.8 Å². The van der Waals surface area contributed by atoms with Gasteiger partial charge in [-0.2, -0.15) is 0 Å². The zero-order chi connectivity index (χ0) is 20.8. The summed E-state index contributed by atoms with van der Waals surface area (Å²) in [6.07, 6.45) is 0.703. The molecule has 1 aromatic heterocycles. The van der Waals surface area contributed by atoms with Gasteiger partial charge in [0.1, 0.15) is 0 Å². The minimum atomic E-state index is -1.70. The summed E-state index contributed by atoms with van der Waals surface area (Å²) in [6.45, 7) is 3.37. The molecule has 0 saturated heterocycles. The van der Waals surface area contributed by atoms with Gasteiger partial charge >= 0.3 is 5.69 Å². The lowest BCUT2D eigenvalue weighted by molar-refractivity contribution is -0.123. The summed E-state index contributed by atoms with van der Waals surface area (Å²) < 4.78 is 41.0. The molecule has 1 atom stereocenters. The van der Waals surface area contributed by atoms with Gasteiger partial charge in [0.05, 0.1) is 17.5 Å². The average molecular weight is 417 g/mol. The van der Waals surface area contributed by atoms with Crippen molar-refractivity contribution in [2.24, 2.45) is 0 Å². The van der Waals surface area contributed by atoms with Gasteiger partial charge in [-0.3, -0.25) is 14.2 Å². The van der Waals surface area contributed by atoms with Crippen molar-refractivity contribution in [1.29, 1.82) is 0 Å². The third-order valence-electron chi connectivity index (χ3n) is 3.55. The Bertz CT molecular complexity index is 931. The van der Waals surface area contributed by atoms with E-state index >= 15 is 0 Å². The third-order valence-corrected chi connectivity index (χ3v) is 4.64. The molecule has 152 valence electrons. The normalized spacial score (nSPS) is 11.9. The van der Waals surface area contributed by atoms with E-state index in [4.69, 9.17) is 0 Å². The maximum Gasteiger partial charge on any atom is 0.343 e. The number of amides is 2. The van der Waals surface area contributed by atoms with Crippen molar-refractivity contribution in [3.05, 3.63) is 40.1 Å². The third kappa shape index (κ3) is 5.15. The Morgan fingerprint density at radius 1 is 1.29 bits per heavy atom. The largest absolute Gasteiger partial charge is 0.346 e. The molecule has 0 unspecified atom stereocenters. The van der Waals surface area contributed by atoms with Crippen LogP contribution < -0.4 is 16.3 Å². The molecule has 0 aliphatic rings. The van der Waals surface area contributed by atoms with Crippen LogP contribution in [0.2, 0.25) is 0 Å². The first-order valence-electron chi connectivity index (χ1n) is 8.27. The Labute approximate surface area is 161 Å². The molecule has 0 aliphatic heterocycles. The second-order valence-electron chi connectivity index (χ2n) is 5.71. The van der Waals surface area contributed by atoms with Crippen LogP contribution in [0.1, 0.15) is 20.3 Å². The number of carbonyl (C=O) groups is 2. The van der Waals surface area contributed by atoms with Crippen molar-refractivity contribution in [1.82, 2.24) is 20.1 Å². The van der Waals surface area contributed by atoms with E-state index in [2.05, 4.69) is 15.5 Å². The summed E-state index contributed by atoms with van der Waals surface area (Å²) in [6, 6.07) is 1.54. The predicted octanol–water partition coefficient (Wildman–Crippen LogP) is 1.63. The highest BCUT2D eigenvalue weighted by Gasteiger charge is 2.20. The highest BCUT2D eigenvalue weighted by Crippen LogP contribution is 2.21. The summed E-state index contributed by atoms with van der Waals surface area (Å²) in [5, 5.41) is 10.2. The van der Waals surface area contributed by atoms with Gasteiger partial charge in [-0.1, -0.05) is 18.7 Å². The number of aromatic amines is 1. The second-order valence-corrected chi connectivity index (χ2v) is 7.02. The smallest absolute Gasteiger partial charge is 0.343 e. The lowest BCUT2D eigenvalue weighted by Crippen LogP contribution is -2.37. The number of nitrogens with zero attached hydrogens (tertiary/aromatic N) is 2. The monoisotopic (exact) mass is 417 g/mol. The average Bonchev–Trinajstić information content (AvgIpc) is 3.00. The molecule has 1 aromatic carbocycles. The number of rotatable bonds is 8. The molecule has 0 aliphatic carbocycles. The zero-order valence-corrected chi connectivity index (χ0v) is 15.8. The van der Waals surface area contributed by atoms with Crippen molar-refractivity contribution < 1.29 is 22.8 Å². The van der Waals surface area contributed by atoms with Crippen molar-refractivity contribution in [3.63, 3.8) is 0 Å². The van der Waals surface area contributed by atoms with Crippen LogP contribution >= 0.6 is 11.8 Å². The molecule has 8 nitrogen and oxygen atoms in total. The molecule has 0 fully saturated rings. The van der Waals surface area contributed by atoms with Crippen LogP contribution in [0.15, 0.2) is 22.1 Å². The van der Waals surface area contributed by atoms with Gasteiger partial charge in [0.15, 0.2) is 22.6 Å². The molecule has 0 spiro atoms. The van der Waals surface area contributed by atoms with Gasteiger partial charge in [0, 0.05) is 6.54 Å². The Balaban J connectivity index is 1.90. The van der Waals surface area contributed by atoms with Crippen LogP contribution in [0.25, 0.3) is 0 Å². The fraction of sp³-hybridized carbons (Fsp3) is 0.375. The number of aromatic nitrogens is 3. The van der Waals surface area contributed by atoms with E-state index in [1.165, 1.54) is 4.57 Å². The van der Waals surface area contributed by atoms with Gasteiger partial charge < -0.3 is 10.6 Å². The number of carbonyl (C=O) groups excluding carboxylic acids is 2. The maximum absolute atomic E-state index is 13.5. The quantitative estimate of drug-likeness (QED) is 0.447. The molecule has 1 heterocycles. The molecule has 2 amide bonds. The van der Waals surface area contributed by atoms with Crippen LogP contribution in [0.5, 0.6) is 0 Å². The van der Waals surface area contributed by atoms with Gasteiger partial charge in [-0.05, 0) is 25.5 Å². The predicted molar refractivity (Wildman–Crippen MR) is 96.4 cm³/mol. The van der Waals surface area contributed by atoms with Gasteiger partial charge in [-0.25, -0.2) is 23.1 Å². The first-order valence-corrected chi connectivity index (χ1v) is 9.15. The molecule has 28 heavy (non-hydrogen) atoms. The Morgan fingerprint density at radius 2 is 2.00 bits per heavy atom. The summed E-state index contributed by atoms with van der Waals surface area (Å²) >= 11 is 1.03. The maximum atomic E-state index is 13.5. The van der Waals surface area contributed by atoms with Crippen molar-refractivity contribution in [2.75, 3.05) is 11.9 Å². The van der Waals surface area contributed by atoms with Crippen molar-refractivity contribution >= 4 is 29.3 Å². The molecule has 2 rings (SSSR count). The molecule has 12 heteroatoms. The number of hydrogen-bond donors (Lipinski definition) is 3. The number of thioether (sulfide) groups is 1. The minimum Gasteiger partial charge on any atom is -0.346 e. The molecule has 0 saturated carbocycles. The van der Waals surface area contributed by atoms with E-state index < -0.39 is 46.7 Å². The number of hydrogen-bond acceptors (Lipinski definition) is 5. The van der Waals surface area contributed by atoms with E-state index in [1.54, 1.807) is 6.92 Å². The number of benzene rings is 1. The lowest BCUT2D eigenvalue weighted by Gasteiger charge is -2.12. The summed E-state index contributed by atoms with van der Waals surface area (Å²) in [5.74, 6) is -5.96. The fourth-order valence-corrected chi connectivity index (χ4v) is 3.06. The molecular weight excluding hydrogens is 399 g/mol. The Kier molecular flexibility index (Phi) is 7.26. The molecule has 0 bridgehead atoms. The van der Waals surface area contributed by atoms with Crippen LogP contribution in [0, 0.1) is 17.5 Å². The highest BCUT2D eigenvalue weighted by molar-refractivity contribution is 8.00. The Hall–Kier alpha value is -2.76. The van der Waals surface area contributed by atoms with Crippen LogP contribution in [0.4, 0.5) is 18.9 Å². The van der Waals surface area contributed by atoms with Crippen molar-refractivity contribution in [2.45, 2.75) is 37.2 Å². The topological polar surface area (TPSA) is 109 Å². The van der Waals surface area contributed by atoms with Gasteiger partial charge in [0.25, 0.3) is 0 Å². The van der Waals surface area contributed by atoms with Crippen LogP contribution in [-0.2, 0) is 16.1 Å². The Morgan fingerprint density at radius 3 is 2.68 bits per heavy atom. The summed E-state index contributed by atoms with van der Waals surface area (Å²) in [4.78, 5) is 35.6. The van der Waals surface area contributed by atoms with Crippen LogP contribution in [-0.4, -0.2) is 38.4 Å². The number of halogens is 3. The summed E-state index contributed by atoms with van der Waals surface area (Å²) in [7, 11) is 0. The molecule has 3 N–H and O–H groups in total. The first-order chi connectivity index (χ1) is 13.2. The lowest BCUT2D eigenvalue weighted by atomic mass is 10.2. The standard InChI is InChI=1S/C16H18F3N5O3S/c1-3-6-24-15(27)22-23-16(24)28-8(2)14(26)20-7-11(25)21-10-5-4-9(17)12(18)13(10)19/h4-5,8H,3,6-7H2,1-2H3,(H,20,26)(H,21,25)(H,22,27)/t8-/m0/s1. The molecular formula is C16H18F3N5O3S. The van der Waals surface area contributed by atoms with E-state index in [9.17, 15) is 27.6 Å². The second kappa shape index (κ2) is 9.44. The SMILES string of the molecule is CCCn1c(S[C@@H](C)C(=O)NCC(=O)Nc2ccc(F)c(F)c2F)n[nH]c1=O. The number of nitrogens with one attached hydrogen (secondary N) is 3. The minimum absolute atomic E-state index is 0.336.